The van der Waals surface area contributed by atoms with Crippen molar-refractivity contribution in [1.82, 2.24) is 0 Å². The second-order valence-corrected chi connectivity index (χ2v) is 7.31. The maximum absolute atomic E-state index is 13.5. The molecule has 0 N–H and O–H groups in total. The first kappa shape index (κ1) is 17.5. The van der Waals surface area contributed by atoms with Crippen LogP contribution in [0.5, 0.6) is 0 Å². The summed E-state index contributed by atoms with van der Waals surface area (Å²) in [5.74, 6) is -0.632. The quantitative estimate of drug-likeness (QED) is 0.327. The van der Waals surface area contributed by atoms with Crippen molar-refractivity contribution < 1.29 is 13.6 Å². The first-order valence-electron chi connectivity index (χ1n) is 9.37. The number of fused-ring (bicyclic) bond motifs is 3. The fourth-order valence-corrected chi connectivity index (χ4v) is 4.12. The Morgan fingerprint density at radius 3 is 1.69 bits per heavy atom. The maximum atomic E-state index is 13.5. The molecular weight excluding hydrogens is 366 g/mol. The molecule has 0 saturated carbocycles. The van der Waals surface area contributed by atoms with Gasteiger partial charge in [-0.25, -0.2) is 8.78 Å². The standard InChI is InChI=1S/C26H16F2O/c1-15-13-22(17-7-11-19(28)12-8-17)25-23(14-15)26(29)21-4-2-3-20(24(21)25)16-5-9-18(27)10-6-16/h2-14H,1H3. The molecule has 0 unspecified atom stereocenters. The second-order valence-electron chi connectivity index (χ2n) is 7.31. The molecule has 5 rings (SSSR count). The summed E-state index contributed by atoms with van der Waals surface area (Å²) < 4.78 is 26.9. The van der Waals surface area contributed by atoms with Crippen molar-refractivity contribution in [2.24, 2.45) is 0 Å². The van der Waals surface area contributed by atoms with Crippen LogP contribution >= 0.6 is 0 Å². The van der Waals surface area contributed by atoms with Crippen LogP contribution in [0, 0.1) is 18.6 Å². The number of hydrogen-bond acceptors (Lipinski definition) is 1. The van der Waals surface area contributed by atoms with Crippen LogP contribution in [0.25, 0.3) is 33.4 Å². The average Bonchev–Trinajstić information content (AvgIpc) is 3.01. The molecule has 0 spiro atoms. The normalized spacial score (nSPS) is 12.0. The van der Waals surface area contributed by atoms with Gasteiger partial charge in [0.25, 0.3) is 0 Å². The zero-order valence-electron chi connectivity index (χ0n) is 15.7. The number of carbonyl (C=O) groups excluding carboxylic acids is 1. The Kier molecular flexibility index (Phi) is 3.92. The third-order valence-corrected chi connectivity index (χ3v) is 5.40. The molecular formula is C26H16F2O. The third-order valence-electron chi connectivity index (χ3n) is 5.40. The molecule has 4 aromatic carbocycles. The summed E-state index contributed by atoms with van der Waals surface area (Å²) in [5, 5.41) is 0. The lowest BCUT2D eigenvalue weighted by Crippen LogP contribution is -1.96. The Morgan fingerprint density at radius 2 is 1.07 bits per heavy atom. The van der Waals surface area contributed by atoms with Crippen LogP contribution in [0.4, 0.5) is 8.78 Å². The number of ketones is 1. The molecule has 1 aliphatic carbocycles. The molecule has 1 nitrogen and oxygen atoms in total. The Morgan fingerprint density at radius 1 is 0.586 bits per heavy atom. The highest BCUT2D eigenvalue weighted by Gasteiger charge is 2.31. The molecule has 4 aromatic rings. The molecule has 29 heavy (non-hydrogen) atoms. The van der Waals surface area contributed by atoms with E-state index in [2.05, 4.69) is 0 Å². The zero-order chi connectivity index (χ0) is 20.1. The van der Waals surface area contributed by atoms with Gasteiger partial charge < -0.3 is 0 Å². The number of aryl methyl sites for hydroxylation is 1. The molecule has 0 radical (unpaired) electrons. The van der Waals surface area contributed by atoms with E-state index in [0.717, 1.165) is 38.9 Å². The fourth-order valence-electron chi connectivity index (χ4n) is 4.12. The molecule has 0 fully saturated rings. The summed E-state index contributed by atoms with van der Waals surface area (Å²) in [4.78, 5) is 13.2. The first-order chi connectivity index (χ1) is 14.0. The lowest BCUT2D eigenvalue weighted by atomic mass is 9.88. The highest BCUT2D eigenvalue weighted by atomic mass is 19.1. The highest BCUT2D eigenvalue weighted by molar-refractivity contribution is 6.25. The number of halogens is 2. The summed E-state index contributed by atoms with van der Waals surface area (Å²) in [5.41, 5.74) is 7.40. The Labute approximate surface area is 167 Å². The molecule has 0 saturated heterocycles. The lowest BCUT2D eigenvalue weighted by molar-refractivity contribution is 0.104. The monoisotopic (exact) mass is 382 g/mol. The Hall–Kier alpha value is -3.59. The largest absolute Gasteiger partial charge is 0.289 e. The molecule has 0 atom stereocenters. The van der Waals surface area contributed by atoms with Crippen LogP contribution < -0.4 is 0 Å². The van der Waals surface area contributed by atoms with Gasteiger partial charge in [0.05, 0.1) is 0 Å². The van der Waals surface area contributed by atoms with Gasteiger partial charge in [0.1, 0.15) is 11.6 Å². The van der Waals surface area contributed by atoms with E-state index in [9.17, 15) is 13.6 Å². The van der Waals surface area contributed by atoms with Crippen molar-refractivity contribution >= 4 is 5.78 Å². The third kappa shape index (κ3) is 2.78. The van der Waals surface area contributed by atoms with Gasteiger partial charge in [-0.3, -0.25) is 4.79 Å². The van der Waals surface area contributed by atoms with Gasteiger partial charge in [-0.05, 0) is 65.1 Å². The van der Waals surface area contributed by atoms with E-state index in [1.165, 1.54) is 24.3 Å². The molecule has 3 heteroatoms. The SMILES string of the molecule is Cc1cc2c(c(-c3ccc(F)cc3)c1)-c1c(cccc1-c1ccc(F)cc1)C2=O. The molecule has 140 valence electrons. The van der Waals surface area contributed by atoms with Gasteiger partial charge >= 0.3 is 0 Å². The van der Waals surface area contributed by atoms with E-state index in [1.807, 2.05) is 37.3 Å². The average molecular weight is 382 g/mol. The van der Waals surface area contributed by atoms with Crippen molar-refractivity contribution in [2.75, 3.05) is 0 Å². The van der Waals surface area contributed by atoms with Gasteiger partial charge in [0.15, 0.2) is 5.78 Å². The second kappa shape index (κ2) is 6.49. The van der Waals surface area contributed by atoms with Gasteiger partial charge in [0.2, 0.25) is 0 Å². The molecule has 0 heterocycles. The Balaban J connectivity index is 1.84. The Bertz CT molecular complexity index is 1270. The maximum Gasteiger partial charge on any atom is 0.194 e. The molecule has 0 bridgehead atoms. The number of carbonyl (C=O) groups is 1. The van der Waals surface area contributed by atoms with E-state index in [1.54, 1.807) is 24.3 Å². The van der Waals surface area contributed by atoms with Crippen LogP contribution in [0.2, 0.25) is 0 Å². The number of rotatable bonds is 2. The van der Waals surface area contributed by atoms with Crippen LogP contribution in [0.1, 0.15) is 21.5 Å². The van der Waals surface area contributed by atoms with E-state index < -0.39 is 0 Å². The van der Waals surface area contributed by atoms with Crippen LogP contribution in [-0.4, -0.2) is 5.78 Å². The van der Waals surface area contributed by atoms with Crippen molar-refractivity contribution in [1.29, 1.82) is 0 Å². The lowest BCUT2D eigenvalue weighted by Gasteiger charge is -2.14. The van der Waals surface area contributed by atoms with Crippen LogP contribution in [0.15, 0.2) is 78.9 Å². The topological polar surface area (TPSA) is 17.1 Å². The minimum Gasteiger partial charge on any atom is -0.289 e. The number of benzene rings is 4. The summed E-state index contributed by atoms with van der Waals surface area (Å²) in [6.07, 6.45) is 0. The van der Waals surface area contributed by atoms with Crippen LogP contribution in [0.3, 0.4) is 0 Å². The first-order valence-corrected chi connectivity index (χ1v) is 9.37. The highest BCUT2D eigenvalue weighted by Crippen LogP contribution is 2.47. The fraction of sp³-hybridized carbons (Fsp3) is 0.0385. The van der Waals surface area contributed by atoms with Gasteiger partial charge in [0, 0.05) is 22.3 Å². The minimum atomic E-state index is -0.305. The predicted molar refractivity (Wildman–Crippen MR) is 111 cm³/mol. The van der Waals surface area contributed by atoms with E-state index in [0.29, 0.717) is 11.1 Å². The zero-order valence-corrected chi connectivity index (χ0v) is 15.7. The van der Waals surface area contributed by atoms with E-state index in [4.69, 9.17) is 0 Å². The minimum absolute atomic E-state index is 0.0222. The van der Waals surface area contributed by atoms with Crippen LogP contribution in [-0.2, 0) is 0 Å². The van der Waals surface area contributed by atoms with Crippen molar-refractivity contribution in [3.8, 4) is 33.4 Å². The molecule has 0 aliphatic heterocycles. The van der Waals surface area contributed by atoms with Gasteiger partial charge in [-0.15, -0.1) is 0 Å². The molecule has 0 aromatic heterocycles. The predicted octanol–water partition coefficient (Wildman–Crippen LogP) is 6.82. The van der Waals surface area contributed by atoms with E-state index in [-0.39, 0.29) is 17.4 Å². The van der Waals surface area contributed by atoms with Crippen molar-refractivity contribution in [3.63, 3.8) is 0 Å². The summed E-state index contributed by atoms with van der Waals surface area (Å²) >= 11 is 0. The van der Waals surface area contributed by atoms with Gasteiger partial charge in [-0.1, -0.05) is 48.5 Å². The molecule has 1 aliphatic rings. The molecule has 0 amide bonds. The van der Waals surface area contributed by atoms with Crippen molar-refractivity contribution in [3.05, 3.63) is 107 Å². The smallest absolute Gasteiger partial charge is 0.194 e. The van der Waals surface area contributed by atoms with E-state index >= 15 is 0 Å². The van der Waals surface area contributed by atoms with Crippen molar-refractivity contribution in [2.45, 2.75) is 6.92 Å². The number of hydrogen-bond donors (Lipinski definition) is 0. The summed E-state index contributed by atoms with van der Waals surface area (Å²) in [6, 6.07) is 22.1. The van der Waals surface area contributed by atoms with Gasteiger partial charge in [-0.2, -0.15) is 0 Å². The summed E-state index contributed by atoms with van der Waals surface area (Å²) in [6.45, 7) is 1.95. The summed E-state index contributed by atoms with van der Waals surface area (Å²) in [7, 11) is 0.